The largest absolute Gasteiger partial charge is 0.393 e. The van der Waals surface area contributed by atoms with E-state index in [-0.39, 0.29) is 6.04 Å². The van der Waals surface area contributed by atoms with Crippen LogP contribution >= 0.6 is 11.6 Å². The predicted molar refractivity (Wildman–Crippen MR) is 104 cm³/mol. The van der Waals surface area contributed by atoms with E-state index in [4.69, 9.17) is 17.3 Å². The number of nitrogen functional groups attached to an aromatic ring is 1. The summed E-state index contributed by atoms with van der Waals surface area (Å²) in [6, 6.07) is 15.8. The Morgan fingerprint density at radius 2 is 1.76 bits per heavy atom. The second-order valence-corrected chi connectivity index (χ2v) is 6.28. The molecule has 0 fully saturated rings. The van der Waals surface area contributed by atoms with Gasteiger partial charge in [-0.2, -0.15) is 0 Å². The molecule has 4 N–H and O–H groups in total. The van der Waals surface area contributed by atoms with Gasteiger partial charge in [-0.05, 0) is 37.1 Å². The van der Waals surface area contributed by atoms with Crippen molar-refractivity contribution in [1.29, 1.82) is 0 Å². The van der Waals surface area contributed by atoms with Gasteiger partial charge in [0.05, 0.1) is 6.04 Å². The summed E-state index contributed by atoms with van der Waals surface area (Å²) in [7, 11) is 0. The van der Waals surface area contributed by atoms with Gasteiger partial charge in [0.2, 0.25) is 0 Å². The first-order chi connectivity index (χ1) is 12.0. The minimum atomic E-state index is 0.0687. The van der Waals surface area contributed by atoms with Gasteiger partial charge in [0, 0.05) is 10.7 Å². The van der Waals surface area contributed by atoms with E-state index in [2.05, 4.69) is 39.7 Å². The van der Waals surface area contributed by atoms with Gasteiger partial charge in [-0.25, -0.2) is 9.97 Å². The maximum absolute atomic E-state index is 6.26. The number of nitrogens with two attached hydrogens (primary N) is 1. The molecule has 3 rings (SSSR count). The third-order valence-corrected chi connectivity index (χ3v) is 4.22. The molecule has 0 aliphatic rings. The smallest absolute Gasteiger partial charge is 0.159 e. The fourth-order valence-corrected chi connectivity index (χ4v) is 2.67. The van der Waals surface area contributed by atoms with E-state index in [1.807, 2.05) is 43.3 Å². The highest BCUT2D eigenvalue weighted by atomic mass is 35.5. The molecule has 0 saturated heterocycles. The lowest BCUT2D eigenvalue weighted by Crippen LogP contribution is -2.11. The zero-order chi connectivity index (χ0) is 17.8. The van der Waals surface area contributed by atoms with Gasteiger partial charge in [-0.3, -0.25) is 0 Å². The van der Waals surface area contributed by atoms with Crippen LogP contribution in [0.5, 0.6) is 0 Å². The van der Waals surface area contributed by atoms with Crippen molar-refractivity contribution in [3.05, 3.63) is 71.0 Å². The first-order valence-electron chi connectivity index (χ1n) is 7.99. The molecule has 0 radical (unpaired) electrons. The Bertz CT molecular complexity index is 867. The van der Waals surface area contributed by atoms with Gasteiger partial charge in [-0.15, -0.1) is 0 Å². The predicted octanol–water partition coefficient (Wildman–Crippen LogP) is 4.94. The van der Waals surface area contributed by atoms with Crippen LogP contribution in [0.3, 0.4) is 0 Å². The van der Waals surface area contributed by atoms with Crippen molar-refractivity contribution in [3.63, 3.8) is 0 Å². The van der Waals surface area contributed by atoms with Gasteiger partial charge >= 0.3 is 0 Å². The quantitative estimate of drug-likeness (QED) is 0.605. The summed E-state index contributed by atoms with van der Waals surface area (Å²) in [6.07, 6.45) is 1.48. The third-order valence-electron chi connectivity index (χ3n) is 3.99. The number of hydrogen-bond donors (Lipinski definition) is 3. The van der Waals surface area contributed by atoms with Crippen molar-refractivity contribution in [1.82, 2.24) is 9.97 Å². The summed E-state index contributed by atoms with van der Waals surface area (Å²) in [4.78, 5) is 8.53. The lowest BCUT2D eigenvalue weighted by atomic mass is 10.1. The molecular weight excluding hydrogens is 334 g/mol. The molecule has 0 spiro atoms. The molecule has 0 bridgehead atoms. The van der Waals surface area contributed by atoms with Crippen LogP contribution in [0.25, 0.3) is 0 Å². The van der Waals surface area contributed by atoms with Gasteiger partial charge in [0.1, 0.15) is 12.0 Å². The van der Waals surface area contributed by atoms with E-state index < -0.39 is 0 Å². The standard InChI is InChI=1S/C19H20ClN5/c1-12-8-9-15(20)10-16(12)25-19-17(21)18(22-11-23-19)24-13(2)14-6-4-3-5-7-14/h3-11,13H,21H2,1-2H3,(H2,22,23,24,25). The molecule has 128 valence electrons. The van der Waals surface area contributed by atoms with Crippen LogP contribution in [0.2, 0.25) is 5.02 Å². The van der Waals surface area contributed by atoms with E-state index in [1.54, 1.807) is 0 Å². The Kier molecular flexibility index (Phi) is 5.05. The lowest BCUT2D eigenvalue weighted by molar-refractivity contribution is 0.873. The number of anilines is 4. The second kappa shape index (κ2) is 7.40. The summed E-state index contributed by atoms with van der Waals surface area (Å²) in [6.45, 7) is 4.05. The van der Waals surface area contributed by atoms with Crippen LogP contribution in [0, 0.1) is 6.92 Å². The van der Waals surface area contributed by atoms with Crippen molar-refractivity contribution in [2.75, 3.05) is 16.4 Å². The fourth-order valence-electron chi connectivity index (χ4n) is 2.50. The molecule has 2 aromatic carbocycles. The maximum Gasteiger partial charge on any atom is 0.159 e. The SMILES string of the molecule is Cc1ccc(Cl)cc1Nc1ncnc(NC(C)c2ccccc2)c1N. The number of aromatic nitrogens is 2. The molecular formula is C19H20ClN5. The van der Waals surface area contributed by atoms with E-state index in [0.717, 1.165) is 16.8 Å². The number of benzene rings is 2. The minimum Gasteiger partial charge on any atom is -0.393 e. The Labute approximate surface area is 152 Å². The highest BCUT2D eigenvalue weighted by Gasteiger charge is 2.12. The summed E-state index contributed by atoms with van der Waals surface area (Å²) < 4.78 is 0. The van der Waals surface area contributed by atoms with E-state index >= 15 is 0 Å². The summed E-state index contributed by atoms with van der Waals surface area (Å²) in [5.74, 6) is 1.14. The van der Waals surface area contributed by atoms with Gasteiger partial charge in [-0.1, -0.05) is 48.0 Å². The van der Waals surface area contributed by atoms with Crippen LogP contribution in [-0.4, -0.2) is 9.97 Å². The van der Waals surface area contributed by atoms with Gasteiger partial charge < -0.3 is 16.4 Å². The molecule has 0 amide bonds. The number of halogens is 1. The minimum absolute atomic E-state index is 0.0687. The van der Waals surface area contributed by atoms with Crippen LogP contribution in [0.15, 0.2) is 54.9 Å². The molecule has 0 aliphatic carbocycles. The lowest BCUT2D eigenvalue weighted by Gasteiger charge is -2.18. The number of aryl methyl sites for hydroxylation is 1. The first kappa shape index (κ1) is 17.0. The van der Waals surface area contributed by atoms with Crippen molar-refractivity contribution in [2.45, 2.75) is 19.9 Å². The Hall–Kier alpha value is -2.79. The van der Waals surface area contributed by atoms with Crippen molar-refractivity contribution < 1.29 is 0 Å². The molecule has 1 heterocycles. The third kappa shape index (κ3) is 4.00. The highest BCUT2D eigenvalue weighted by Crippen LogP contribution is 2.30. The van der Waals surface area contributed by atoms with Crippen LogP contribution in [0.1, 0.15) is 24.1 Å². The summed E-state index contributed by atoms with van der Waals surface area (Å²) in [5.41, 5.74) is 9.79. The average molecular weight is 354 g/mol. The fraction of sp³-hybridized carbons (Fsp3) is 0.158. The number of nitrogens with zero attached hydrogens (tertiary/aromatic N) is 2. The molecule has 1 unspecified atom stereocenters. The zero-order valence-electron chi connectivity index (χ0n) is 14.1. The Balaban J connectivity index is 1.84. The Morgan fingerprint density at radius 1 is 1.04 bits per heavy atom. The van der Waals surface area contributed by atoms with Crippen molar-refractivity contribution in [2.24, 2.45) is 0 Å². The zero-order valence-corrected chi connectivity index (χ0v) is 14.9. The highest BCUT2D eigenvalue weighted by molar-refractivity contribution is 6.30. The second-order valence-electron chi connectivity index (χ2n) is 5.85. The molecule has 0 saturated carbocycles. The number of rotatable bonds is 5. The van der Waals surface area contributed by atoms with Gasteiger partial charge in [0.15, 0.2) is 11.6 Å². The van der Waals surface area contributed by atoms with Crippen molar-refractivity contribution >= 4 is 34.6 Å². The van der Waals surface area contributed by atoms with Crippen LogP contribution in [0.4, 0.5) is 23.0 Å². The van der Waals surface area contributed by atoms with E-state index in [1.165, 1.54) is 6.33 Å². The first-order valence-corrected chi connectivity index (χ1v) is 8.37. The summed E-state index contributed by atoms with van der Waals surface area (Å²) in [5, 5.41) is 7.22. The van der Waals surface area contributed by atoms with E-state index in [9.17, 15) is 0 Å². The van der Waals surface area contributed by atoms with Crippen LogP contribution < -0.4 is 16.4 Å². The monoisotopic (exact) mass is 353 g/mol. The number of hydrogen-bond acceptors (Lipinski definition) is 5. The van der Waals surface area contributed by atoms with Gasteiger partial charge in [0.25, 0.3) is 0 Å². The topological polar surface area (TPSA) is 75.9 Å². The molecule has 3 aromatic rings. The molecule has 0 aliphatic heterocycles. The molecule has 5 nitrogen and oxygen atoms in total. The van der Waals surface area contributed by atoms with Crippen LogP contribution in [-0.2, 0) is 0 Å². The maximum atomic E-state index is 6.26. The average Bonchev–Trinajstić information content (AvgIpc) is 2.62. The Morgan fingerprint density at radius 3 is 2.52 bits per heavy atom. The van der Waals surface area contributed by atoms with Crippen molar-refractivity contribution in [3.8, 4) is 0 Å². The number of nitrogens with one attached hydrogen (secondary N) is 2. The molecule has 1 aromatic heterocycles. The molecule has 25 heavy (non-hydrogen) atoms. The normalized spacial score (nSPS) is 11.8. The van der Waals surface area contributed by atoms with E-state index in [0.29, 0.717) is 22.3 Å². The molecule has 6 heteroatoms. The molecule has 1 atom stereocenters. The summed E-state index contributed by atoms with van der Waals surface area (Å²) >= 11 is 6.07.